The van der Waals surface area contributed by atoms with Crippen molar-refractivity contribution in [2.24, 2.45) is 0 Å². The van der Waals surface area contributed by atoms with Crippen LogP contribution in [0.4, 0.5) is 0 Å². The van der Waals surface area contributed by atoms with E-state index in [2.05, 4.69) is 35.4 Å². The van der Waals surface area contributed by atoms with Crippen molar-refractivity contribution in [3.63, 3.8) is 0 Å². The number of hydrogen-bond acceptors (Lipinski definition) is 4. The van der Waals surface area contributed by atoms with E-state index in [-0.39, 0.29) is 0 Å². The first-order valence-electron chi connectivity index (χ1n) is 8.97. The molecule has 0 saturated carbocycles. The summed E-state index contributed by atoms with van der Waals surface area (Å²) in [5, 5.41) is 0. The van der Waals surface area contributed by atoms with E-state index in [1.54, 1.807) is 14.2 Å². The van der Waals surface area contributed by atoms with E-state index in [1.165, 1.54) is 0 Å². The normalized spacial score (nSPS) is 11.1. The molecule has 0 radical (unpaired) electrons. The Hall–Kier alpha value is -2.79. The van der Waals surface area contributed by atoms with E-state index < -0.39 is 0 Å². The van der Waals surface area contributed by atoms with E-state index in [1.807, 2.05) is 44.4 Å². The lowest BCUT2D eigenvalue weighted by molar-refractivity contribution is 0.367. The summed E-state index contributed by atoms with van der Waals surface area (Å²) in [6.45, 7) is 4.94. The molecule has 2 heterocycles. The van der Waals surface area contributed by atoms with E-state index in [0.29, 0.717) is 0 Å². The quantitative estimate of drug-likeness (QED) is 0.655. The van der Waals surface area contributed by atoms with Gasteiger partial charge in [0.05, 0.1) is 19.9 Å². The first kappa shape index (κ1) is 19.0. The number of aryl methyl sites for hydroxylation is 2. The third-order valence-corrected chi connectivity index (χ3v) is 4.60. The van der Waals surface area contributed by atoms with Gasteiger partial charge in [0.1, 0.15) is 17.3 Å². The van der Waals surface area contributed by atoms with E-state index in [0.717, 1.165) is 52.1 Å². The molecule has 0 aliphatic heterocycles. The maximum Gasteiger partial charge on any atom is 0.137 e. The number of hydrogen-bond donors (Lipinski definition) is 0. The topological polar surface area (TPSA) is 39.5 Å². The average Bonchev–Trinajstić information content (AvgIpc) is 2.99. The van der Waals surface area contributed by atoms with Crippen molar-refractivity contribution in [2.45, 2.75) is 20.4 Å². The van der Waals surface area contributed by atoms with Crippen LogP contribution in [0.1, 0.15) is 17.0 Å². The van der Waals surface area contributed by atoms with Crippen molar-refractivity contribution in [1.82, 2.24) is 14.5 Å². The highest BCUT2D eigenvalue weighted by Gasteiger charge is 2.15. The summed E-state index contributed by atoms with van der Waals surface area (Å²) in [4.78, 5) is 7.00. The highest BCUT2D eigenvalue weighted by molar-refractivity contribution is 5.71. The molecule has 142 valence electrons. The SMILES string of the molecule is COc1cc(-c2cccc(-n3c(C)ccc3C)n2)c(OC)cc1CN(C)C. The van der Waals surface area contributed by atoms with Crippen LogP contribution in [0, 0.1) is 13.8 Å². The molecule has 3 aromatic rings. The second kappa shape index (κ2) is 7.84. The highest BCUT2D eigenvalue weighted by atomic mass is 16.5. The van der Waals surface area contributed by atoms with Crippen molar-refractivity contribution < 1.29 is 9.47 Å². The minimum atomic E-state index is 0.773. The number of benzene rings is 1. The minimum Gasteiger partial charge on any atom is -0.496 e. The predicted octanol–water partition coefficient (Wildman–Crippen LogP) is 4.23. The smallest absolute Gasteiger partial charge is 0.137 e. The molecule has 1 aromatic carbocycles. The molecule has 0 fully saturated rings. The van der Waals surface area contributed by atoms with E-state index >= 15 is 0 Å². The van der Waals surface area contributed by atoms with Crippen LogP contribution >= 0.6 is 0 Å². The third kappa shape index (κ3) is 3.83. The molecule has 0 atom stereocenters. The van der Waals surface area contributed by atoms with Crippen molar-refractivity contribution in [2.75, 3.05) is 28.3 Å². The zero-order chi connectivity index (χ0) is 19.6. The summed E-state index contributed by atoms with van der Waals surface area (Å²) >= 11 is 0. The average molecular weight is 365 g/mol. The predicted molar refractivity (Wildman–Crippen MR) is 109 cm³/mol. The zero-order valence-electron chi connectivity index (χ0n) is 16.9. The first-order valence-corrected chi connectivity index (χ1v) is 8.97. The van der Waals surface area contributed by atoms with Crippen molar-refractivity contribution in [1.29, 1.82) is 0 Å². The fourth-order valence-corrected chi connectivity index (χ4v) is 3.35. The van der Waals surface area contributed by atoms with Crippen LogP contribution in [0.2, 0.25) is 0 Å². The van der Waals surface area contributed by atoms with Gasteiger partial charge >= 0.3 is 0 Å². The van der Waals surface area contributed by atoms with E-state index in [4.69, 9.17) is 14.5 Å². The van der Waals surface area contributed by atoms with Gasteiger partial charge in [0.2, 0.25) is 0 Å². The number of methoxy groups -OCH3 is 2. The van der Waals surface area contributed by atoms with Gasteiger partial charge in [-0.15, -0.1) is 0 Å². The maximum atomic E-state index is 5.68. The number of nitrogens with zero attached hydrogens (tertiary/aromatic N) is 3. The van der Waals surface area contributed by atoms with Gasteiger partial charge in [0, 0.05) is 29.1 Å². The van der Waals surface area contributed by atoms with Crippen LogP contribution in [0.15, 0.2) is 42.5 Å². The molecule has 0 bridgehead atoms. The van der Waals surface area contributed by atoms with Crippen molar-refractivity contribution in [3.05, 3.63) is 59.4 Å². The fourth-order valence-electron chi connectivity index (χ4n) is 3.35. The Morgan fingerprint density at radius 3 is 2.19 bits per heavy atom. The molecule has 0 aliphatic carbocycles. The summed E-state index contributed by atoms with van der Waals surface area (Å²) in [6, 6.07) is 14.3. The van der Waals surface area contributed by atoms with Crippen LogP contribution in [-0.4, -0.2) is 42.8 Å². The molecule has 0 N–H and O–H groups in total. The second-order valence-electron chi connectivity index (χ2n) is 6.93. The highest BCUT2D eigenvalue weighted by Crippen LogP contribution is 2.36. The zero-order valence-corrected chi connectivity index (χ0v) is 16.9. The van der Waals surface area contributed by atoms with Gasteiger partial charge in [0.25, 0.3) is 0 Å². The van der Waals surface area contributed by atoms with Gasteiger partial charge in [-0.3, -0.25) is 0 Å². The number of rotatable bonds is 6. The lowest BCUT2D eigenvalue weighted by atomic mass is 10.0. The van der Waals surface area contributed by atoms with Crippen LogP contribution in [0.3, 0.4) is 0 Å². The number of ether oxygens (including phenoxy) is 2. The fraction of sp³-hybridized carbons (Fsp3) is 0.318. The number of pyridine rings is 1. The van der Waals surface area contributed by atoms with Gasteiger partial charge in [-0.2, -0.15) is 0 Å². The molecule has 3 rings (SSSR count). The Morgan fingerprint density at radius 2 is 1.59 bits per heavy atom. The van der Waals surface area contributed by atoms with Gasteiger partial charge in [0.15, 0.2) is 0 Å². The van der Waals surface area contributed by atoms with Gasteiger partial charge in [-0.1, -0.05) is 6.07 Å². The molecule has 5 heteroatoms. The van der Waals surface area contributed by atoms with Crippen LogP contribution in [-0.2, 0) is 6.54 Å². The first-order chi connectivity index (χ1) is 12.9. The molecule has 0 amide bonds. The summed E-state index contributed by atoms with van der Waals surface area (Å²) in [6.07, 6.45) is 0. The maximum absolute atomic E-state index is 5.68. The third-order valence-electron chi connectivity index (χ3n) is 4.60. The summed E-state index contributed by atoms with van der Waals surface area (Å²) in [5.41, 5.74) is 5.16. The van der Waals surface area contributed by atoms with Gasteiger partial charge in [-0.05, 0) is 64.3 Å². The summed E-state index contributed by atoms with van der Waals surface area (Å²) in [5.74, 6) is 2.52. The summed E-state index contributed by atoms with van der Waals surface area (Å²) < 4.78 is 13.5. The standard InChI is InChI=1S/C22H27N3O2/c1-15-10-11-16(2)25(15)22-9-7-8-19(23-22)18-13-20(26-5)17(14-24(3)4)12-21(18)27-6/h7-13H,14H2,1-6H3. The minimum absolute atomic E-state index is 0.773. The van der Waals surface area contributed by atoms with Crippen molar-refractivity contribution in [3.8, 4) is 28.6 Å². The summed E-state index contributed by atoms with van der Waals surface area (Å²) in [7, 11) is 7.45. The Bertz CT molecular complexity index is 925. The molecular formula is C22H27N3O2. The van der Waals surface area contributed by atoms with Crippen LogP contribution in [0.5, 0.6) is 11.5 Å². The Balaban J connectivity index is 2.12. The molecule has 0 aliphatic rings. The molecule has 2 aromatic heterocycles. The molecule has 27 heavy (non-hydrogen) atoms. The monoisotopic (exact) mass is 365 g/mol. The molecule has 0 spiro atoms. The second-order valence-corrected chi connectivity index (χ2v) is 6.93. The van der Waals surface area contributed by atoms with Gasteiger partial charge in [-0.25, -0.2) is 4.98 Å². The lowest BCUT2D eigenvalue weighted by Crippen LogP contribution is -2.12. The molecule has 5 nitrogen and oxygen atoms in total. The van der Waals surface area contributed by atoms with E-state index in [9.17, 15) is 0 Å². The Morgan fingerprint density at radius 1 is 0.926 bits per heavy atom. The van der Waals surface area contributed by atoms with Crippen LogP contribution < -0.4 is 9.47 Å². The Labute approximate surface area is 161 Å². The molecular weight excluding hydrogens is 338 g/mol. The Kier molecular flexibility index (Phi) is 5.51. The van der Waals surface area contributed by atoms with Crippen molar-refractivity contribution >= 4 is 0 Å². The largest absolute Gasteiger partial charge is 0.496 e. The van der Waals surface area contributed by atoms with Gasteiger partial charge < -0.3 is 18.9 Å². The van der Waals surface area contributed by atoms with Crippen LogP contribution in [0.25, 0.3) is 17.1 Å². The molecule has 0 saturated heterocycles. The molecule has 0 unspecified atom stereocenters. The number of aromatic nitrogens is 2. The lowest BCUT2D eigenvalue weighted by Gasteiger charge is -2.18.